The fourth-order valence-electron chi connectivity index (χ4n) is 1.61. The van der Waals surface area contributed by atoms with Crippen LogP contribution >= 0.6 is 27.3 Å². The second kappa shape index (κ2) is 5.88. The van der Waals surface area contributed by atoms with Gasteiger partial charge in [0.15, 0.2) is 0 Å². The Morgan fingerprint density at radius 2 is 2.00 bits per heavy atom. The normalized spacial score (nSPS) is 11.8. The van der Waals surface area contributed by atoms with Crippen LogP contribution in [0.5, 0.6) is 0 Å². The lowest BCUT2D eigenvalue weighted by Gasteiger charge is -2.07. The average Bonchev–Trinajstić information content (AvgIpc) is 2.68. The summed E-state index contributed by atoms with van der Waals surface area (Å²) < 4.78 is 53.4. The SMILES string of the molecule is Cc1sc(Br)cc1S(=O)(=O)NCc1ccc(F)cc1F. The Bertz CT molecular complexity index is 744. The van der Waals surface area contributed by atoms with Gasteiger partial charge in [0.05, 0.1) is 8.68 Å². The molecule has 0 spiro atoms. The minimum absolute atomic E-state index is 0.0851. The molecule has 0 aliphatic carbocycles. The van der Waals surface area contributed by atoms with Crippen LogP contribution in [0.3, 0.4) is 0 Å². The summed E-state index contributed by atoms with van der Waals surface area (Å²) in [6, 6.07) is 4.50. The summed E-state index contributed by atoms with van der Waals surface area (Å²) in [4.78, 5) is 0.779. The van der Waals surface area contributed by atoms with Crippen molar-refractivity contribution < 1.29 is 17.2 Å². The van der Waals surface area contributed by atoms with E-state index in [1.165, 1.54) is 23.5 Å². The molecule has 8 heteroatoms. The molecule has 3 nitrogen and oxygen atoms in total. The van der Waals surface area contributed by atoms with Gasteiger partial charge in [-0.1, -0.05) is 6.07 Å². The molecule has 2 aromatic rings. The van der Waals surface area contributed by atoms with Crippen LogP contribution in [0, 0.1) is 18.6 Å². The quantitative estimate of drug-likeness (QED) is 0.879. The van der Waals surface area contributed by atoms with Crippen LogP contribution in [0.1, 0.15) is 10.4 Å². The van der Waals surface area contributed by atoms with Crippen molar-refractivity contribution >= 4 is 37.3 Å². The number of sulfonamides is 1. The van der Waals surface area contributed by atoms with Crippen molar-refractivity contribution in [1.29, 1.82) is 0 Å². The summed E-state index contributed by atoms with van der Waals surface area (Å²) in [6.07, 6.45) is 0. The third-order valence-corrected chi connectivity index (χ3v) is 5.81. The molecule has 20 heavy (non-hydrogen) atoms. The zero-order chi connectivity index (χ0) is 14.9. The molecule has 0 aliphatic heterocycles. The number of halogens is 3. The van der Waals surface area contributed by atoms with Gasteiger partial charge in [-0.3, -0.25) is 0 Å². The topological polar surface area (TPSA) is 46.2 Å². The second-order valence-electron chi connectivity index (χ2n) is 4.03. The third kappa shape index (κ3) is 3.43. The zero-order valence-corrected chi connectivity index (χ0v) is 13.5. The third-order valence-electron chi connectivity index (χ3n) is 2.60. The summed E-state index contributed by atoms with van der Waals surface area (Å²) in [7, 11) is -3.73. The van der Waals surface area contributed by atoms with Gasteiger partial charge >= 0.3 is 0 Å². The lowest BCUT2D eigenvalue weighted by atomic mass is 10.2. The van der Waals surface area contributed by atoms with Gasteiger partial charge in [-0.2, -0.15) is 0 Å². The first-order valence-electron chi connectivity index (χ1n) is 5.49. The van der Waals surface area contributed by atoms with Gasteiger partial charge in [0.25, 0.3) is 0 Å². The summed E-state index contributed by atoms with van der Waals surface area (Å²) in [6.45, 7) is 1.45. The maximum Gasteiger partial charge on any atom is 0.242 e. The van der Waals surface area contributed by atoms with Crippen LogP contribution in [0.25, 0.3) is 0 Å². The molecule has 0 aliphatic rings. The zero-order valence-electron chi connectivity index (χ0n) is 10.3. The van der Waals surface area contributed by atoms with E-state index in [9.17, 15) is 17.2 Å². The molecule has 0 saturated carbocycles. The van der Waals surface area contributed by atoms with E-state index in [1.54, 1.807) is 6.92 Å². The molecule has 0 saturated heterocycles. The van der Waals surface area contributed by atoms with Gasteiger partial charge in [-0.25, -0.2) is 21.9 Å². The number of rotatable bonds is 4. The molecule has 0 atom stereocenters. The van der Waals surface area contributed by atoms with E-state index in [0.29, 0.717) is 8.66 Å². The second-order valence-corrected chi connectivity index (χ2v) is 8.40. The molecule has 0 radical (unpaired) electrons. The maximum absolute atomic E-state index is 13.4. The molecule has 1 heterocycles. The van der Waals surface area contributed by atoms with Gasteiger partial charge in [-0.05, 0) is 35.0 Å². The molecule has 0 fully saturated rings. The summed E-state index contributed by atoms with van der Waals surface area (Å²) in [5.74, 6) is -1.48. The van der Waals surface area contributed by atoms with Gasteiger partial charge in [0.2, 0.25) is 10.0 Å². The van der Waals surface area contributed by atoms with Crippen LogP contribution in [0.4, 0.5) is 8.78 Å². The van der Waals surface area contributed by atoms with Crippen LogP contribution in [0.2, 0.25) is 0 Å². The number of aryl methyl sites for hydroxylation is 1. The number of hydrogen-bond acceptors (Lipinski definition) is 3. The summed E-state index contributed by atoms with van der Waals surface area (Å²) in [5, 5.41) is 0. The summed E-state index contributed by atoms with van der Waals surface area (Å²) in [5.41, 5.74) is 0.0851. The lowest BCUT2D eigenvalue weighted by molar-refractivity contribution is 0.562. The van der Waals surface area contributed by atoms with E-state index in [2.05, 4.69) is 20.7 Å². The van der Waals surface area contributed by atoms with E-state index in [4.69, 9.17) is 0 Å². The minimum atomic E-state index is -3.73. The molecule has 0 amide bonds. The van der Waals surface area contributed by atoms with Crippen molar-refractivity contribution in [2.75, 3.05) is 0 Å². The number of benzene rings is 1. The number of hydrogen-bond donors (Lipinski definition) is 1. The molecule has 1 aromatic heterocycles. The number of nitrogens with one attached hydrogen (secondary N) is 1. The average molecular weight is 382 g/mol. The van der Waals surface area contributed by atoms with Gasteiger partial charge in [-0.15, -0.1) is 11.3 Å². The van der Waals surface area contributed by atoms with E-state index >= 15 is 0 Å². The standard InChI is InChI=1S/C12H10BrF2NO2S2/c1-7-11(5-12(13)19-7)20(17,18)16-6-8-2-3-9(14)4-10(8)15/h2-5,16H,6H2,1H3. The van der Waals surface area contributed by atoms with E-state index in [1.807, 2.05) is 0 Å². The molecular formula is C12H10BrF2NO2S2. The Morgan fingerprint density at radius 1 is 1.30 bits per heavy atom. The smallest absolute Gasteiger partial charge is 0.207 e. The van der Waals surface area contributed by atoms with Crippen molar-refractivity contribution in [1.82, 2.24) is 4.72 Å². The van der Waals surface area contributed by atoms with Crippen molar-refractivity contribution in [2.24, 2.45) is 0 Å². The predicted molar refractivity (Wildman–Crippen MR) is 77.1 cm³/mol. The lowest BCUT2D eigenvalue weighted by Crippen LogP contribution is -2.23. The predicted octanol–water partition coefficient (Wildman–Crippen LogP) is 3.58. The fourth-order valence-corrected chi connectivity index (χ4v) is 5.03. The highest BCUT2D eigenvalue weighted by atomic mass is 79.9. The van der Waals surface area contributed by atoms with Crippen LogP contribution in [-0.4, -0.2) is 8.42 Å². The monoisotopic (exact) mass is 381 g/mol. The van der Waals surface area contributed by atoms with Crippen LogP contribution in [-0.2, 0) is 16.6 Å². The maximum atomic E-state index is 13.4. The molecule has 108 valence electrons. The van der Waals surface area contributed by atoms with Crippen molar-refractivity contribution in [3.63, 3.8) is 0 Å². The van der Waals surface area contributed by atoms with E-state index in [-0.39, 0.29) is 17.0 Å². The molecule has 2 rings (SSSR count). The molecule has 1 N–H and O–H groups in total. The van der Waals surface area contributed by atoms with E-state index < -0.39 is 21.7 Å². The van der Waals surface area contributed by atoms with Gasteiger partial charge < -0.3 is 0 Å². The Hall–Kier alpha value is -0.830. The number of thiophene rings is 1. The van der Waals surface area contributed by atoms with Gasteiger partial charge in [0.1, 0.15) is 11.6 Å². The largest absolute Gasteiger partial charge is 0.242 e. The first-order valence-corrected chi connectivity index (χ1v) is 8.58. The fraction of sp³-hybridized carbons (Fsp3) is 0.167. The van der Waals surface area contributed by atoms with Crippen LogP contribution < -0.4 is 4.72 Å². The molecule has 0 bridgehead atoms. The first kappa shape index (κ1) is 15.6. The highest BCUT2D eigenvalue weighted by molar-refractivity contribution is 9.11. The Kier molecular flexibility index (Phi) is 4.58. The van der Waals surface area contributed by atoms with E-state index in [0.717, 1.165) is 12.1 Å². The molecular weight excluding hydrogens is 372 g/mol. The highest BCUT2D eigenvalue weighted by Gasteiger charge is 2.19. The van der Waals surface area contributed by atoms with Crippen molar-refractivity contribution in [3.8, 4) is 0 Å². The molecule has 0 unspecified atom stereocenters. The Morgan fingerprint density at radius 3 is 2.55 bits per heavy atom. The highest BCUT2D eigenvalue weighted by Crippen LogP contribution is 2.29. The summed E-state index contributed by atoms with van der Waals surface area (Å²) >= 11 is 4.51. The van der Waals surface area contributed by atoms with Crippen molar-refractivity contribution in [3.05, 3.63) is 50.1 Å². The molecule has 1 aromatic carbocycles. The Balaban J connectivity index is 2.19. The van der Waals surface area contributed by atoms with Crippen molar-refractivity contribution in [2.45, 2.75) is 18.4 Å². The van der Waals surface area contributed by atoms with Crippen LogP contribution in [0.15, 0.2) is 32.9 Å². The minimum Gasteiger partial charge on any atom is -0.207 e. The Labute approximate surface area is 127 Å². The van der Waals surface area contributed by atoms with Gasteiger partial charge in [0, 0.05) is 23.1 Å². The first-order chi connectivity index (χ1) is 9.29.